The van der Waals surface area contributed by atoms with E-state index in [1.165, 1.54) is 0 Å². The molecule has 1 aromatic carbocycles. The lowest BCUT2D eigenvalue weighted by Gasteiger charge is -2.10. The standard InChI is InChI=1S/C14H16N2O2/c1-9-4-5-13(18-3)11(6-9)12-7-10(2)15-14(8-17)16-12/h4-7,17H,8H2,1-3H3. The number of methoxy groups -OCH3 is 1. The van der Waals surface area contributed by atoms with Crippen LogP contribution in [0, 0.1) is 13.8 Å². The van der Waals surface area contributed by atoms with Gasteiger partial charge in [0.1, 0.15) is 12.4 Å². The van der Waals surface area contributed by atoms with Crippen molar-refractivity contribution < 1.29 is 9.84 Å². The third-order valence-corrected chi connectivity index (χ3v) is 2.67. The fourth-order valence-corrected chi connectivity index (χ4v) is 1.86. The van der Waals surface area contributed by atoms with Gasteiger partial charge in [-0.3, -0.25) is 0 Å². The van der Waals surface area contributed by atoms with E-state index in [0.717, 1.165) is 28.3 Å². The normalized spacial score (nSPS) is 10.4. The second-order valence-electron chi connectivity index (χ2n) is 4.17. The molecule has 0 spiro atoms. The first-order valence-electron chi connectivity index (χ1n) is 5.74. The number of rotatable bonds is 3. The highest BCUT2D eigenvalue weighted by Gasteiger charge is 2.09. The van der Waals surface area contributed by atoms with E-state index < -0.39 is 0 Å². The zero-order chi connectivity index (χ0) is 13.1. The number of aromatic nitrogens is 2. The maximum Gasteiger partial charge on any atom is 0.154 e. The SMILES string of the molecule is COc1ccc(C)cc1-c1cc(C)nc(CO)n1. The molecule has 2 aromatic rings. The van der Waals surface area contributed by atoms with E-state index in [0.29, 0.717) is 5.82 Å². The van der Waals surface area contributed by atoms with Gasteiger partial charge in [-0.2, -0.15) is 0 Å². The van der Waals surface area contributed by atoms with Gasteiger partial charge in [-0.1, -0.05) is 11.6 Å². The second-order valence-corrected chi connectivity index (χ2v) is 4.17. The summed E-state index contributed by atoms with van der Waals surface area (Å²) in [5.41, 5.74) is 3.64. The fraction of sp³-hybridized carbons (Fsp3) is 0.286. The van der Waals surface area contributed by atoms with Crippen LogP contribution in [0.25, 0.3) is 11.3 Å². The van der Waals surface area contributed by atoms with Gasteiger partial charge in [-0.05, 0) is 32.0 Å². The third-order valence-electron chi connectivity index (χ3n) is 2.67. The zero-order valence-corrected chi connectivity index (χ0v) is 10.8. The Balaban J connectivity index is 2.60. The van der Waals surface area contributed by atoms with E-state index in [1.54, 1.807) is 7.11 Å². The van der Waals surface area contributed by atoms with E-state index in [9.17, 15) is 0 Å². The summed E-state index contributed by atoms with van der Waals surface area (Å²) < 4.78 is 5.35. The highest BCUT2D eigenvalue weighted by Crippen LogP contribution is 2.29. The van der Waals surface area contributed by atoms with Crippen molar-refractivity contribution in [2.45, 2.75) is 20.5 Å². The smallest absolute Gasteiger partial charge is 0.154 e. The minimum atomic E-state index is -0.164. The summed E-state index contributed by atoms with van der Waals surface area (Å²) in [6.45, 7) is 3.74. The molecule has 1 N–H and O–H groups in total. The number of nitrogens with zero attached hydrogens (tertiary/aromatic N) is 2. The second kappa shape index (κ2) is 5.14. The van der Waals surface area contributed by atoms with Crippen LogP contribution in [0.15, 0.2) is 24.3 Å². The fourth-order valence-electron chi connectivity index (χ4n) is 1.86. The Morgan fingerprint density at radius 1 is 1.17 bits per heavy atom. The predicted molar refractivity (Wildman–Crippen MR) is 69.4 cm³/mol. The topological polar surface area (TPSA) is 55.2 Å². The molecule has 94 valence electrons. The molecular formula is C14H16N2O2. The number of aliphatic hydroxyl groups excluding tert-OH is 1. The van der Waals surface area contributed by atoms with Crippen molar-refractivity contribution in [1.29, 1.82) is 0 Å². The molecule has 1 aromatic heterocycles. The summed E-state index contributed by atoms with van der Waals surface area (Å²) in [5.74, 6) is 1.19. The number of hydrogen-bond acceptors (Lipinski definition) is 4. The van der Waals surface area contributed by atoms with Crippen LogP contribution in [-0.2, 0) is 6.61 Å². The van der Waals surface area contributed by atoms with E-state index >= 15 is 0 Å². The monoisotopic (exact) mass is 244 g/mol. The molecule has 0 aliphatic carbocycles. The molecule has 0 radical (unpaired) electrons. The Morgan fingerprint density at radius 2 is 1.94 bits per heavy atom. The van der Waals surface area contributed by atoms with Gasteiger partial charge in [0, 0.05) is 11.3 Å². The van der Waals surface area contributed by atoms with Crippen molar-refractivity contribution in [3.8, 4) is 17.0 Å². The lowest BCUT2D eigenvalue weighted by molar-refractivity contribution is 0.271. The Hall–Kier alpha value is -1.94. The molecule has 2 rings (SSSR count). The highest BCUT2D eigenvalue weighted by molar-refractivity contribution is 5.68. The van der Waals surface area contributed by atoms with Crippen LogP contribution < -0.4 is 4.74 Å². The molecule has 4 nitrogen and oxygen atoms in total. The van der Waals surface area contributed by atoms with Crippen molar-refractivity contribution in [2.75, 3.05) is 7.11 Å². The lowest BCUT2D eigenvalue weighted by atomic mass is 10.1. The Labute approximate surface area is 106 Å². The number of aryl methyl sites for hydroxylation is 2. The average Bonchev–Trinajstić information content (AvgIpc) is 2.38. The molecule has 0 bridgehead atoms. The molecule has 0 atom stereocenters. The van der Waals surface area contributed by atoms with E-state index in [-0.39, 0.29) is 6.61 Å². The largest absolute Gasteiger partial charge is 0.496 e. The molecule has 0 amide bonds. The first kappa shape index (κ1) is 12.5. The van der Waals surface area contributed by atoms with Gasteiger partial charge in [0.25, 0.3) is 0 Å². The Bertz CT molecular complexity index is 568. The Morgan fingerprint density at radius 3 is 2.61 bits per heavy atom. The van der Waals surface area contributed by atoms with Gasteiger partial charge < -0.3 is 9.84 Å². The van der Waals surface area contributed by atoms with Crippen LogP contribution >= 0.6 is 0 Å². The van der Waals surface area contributed by atoms with Crippen molar-refractivity contribution in [3.63, 3.8) is 0 Å². The maximum absolute atomic E-state index is 9.16. The maximum atomic E-state index is 9.16. The van der Waals surface area contributed by atoms with E-state index in [4.69, 9.17) is 9.84 Å². The minimum Gasteiger partial charge on any atom is -0.496 e. The number of benzene rings is 1. The molecule has 0 aliphatic rings. The summed E-state index contributed by atoms with van der Waals surface area (Å²) in [7, 11) is 1.63. The summed E-state index contributed by atoms with van der Waals surface area (Å²) in [4.78, 5) is 8.48. The number of ether oxygens (including phenoxy) is 1. The van der Waals surface area contributed by atoms with Crippen LogP contribution in [0.5, 0.6) is 5.75 Å². The molecular weight excluding hydrogens is 228 g/mol. The average molecular weight is 244 g/mol. The molecule has 0 fully saturated rings. The van der Waals surface area contributed by atoms with Crippen molar-refractivity contribution >= 4 is 0 Å². The van der Waals surface area contributed by atoms with Gasteiger partial charge in [0.2, 0.25) is 0 Å². The first-order chi connectivity index (χ1) is 8.63. The van der Waals surface area contributed by atoms with Gasteiger partial charge in [-0.25, -0.2) is 9.97 Å². The zero-order valence-electron chi connectivity index (χ0n) is 10.8. The van der Waals surface area contributed by atoms with Crippen molar-refractivity contribution in [2.24, 2.45) is 0 Å². The molecule has 18 heavy (non-hydrogen) atoms. The van der Waals surface area contributed by atoms with Crippen LogP contribution in [0.3, 0.4) is 0 Å². The summed E-state index contributed by atoms with van der Waals surface area (Å²) in [6.07, 6.45) is 0. The molecule has 0 aliphatic heterocycles. The van der Waals surface area contributed by atoms with Crippen LogP contribution in [0.4, 0.5) is 0 Å². The predicted octanol–water partition coefficient (Wildman–Crippen LogP) is 2.26. The minimum absolute atomic E-state index is 0.164. The van der Waals surface area contributed by atoms with Crippen molar-refractivity contribution in [3.05, 3.63) is 41.3 Å². The number of aliphatic hydroxyl groups is 1. The molecule has 0 saturated carbocycles. The van der Waals surface area contributed by atoms with Crippen LogP contribution in [0.1, 0.15) is 17.1 Å². The third kappa shape index (κ3) is 2.49. The van der Waals surface area contributed by atoms with E-state index in [2.05, 4.69) is 9.97 Å². The summed E-state index contributed by atoms with van der Waals surface area (Å²) >= 11 is 0. The van der Waals surface area contributed by atoms with Crippen LogP contribution in [-0.4, -0.2) is 22.2 Å². The first-order valence-corrected chi connectivity index (χ1v) is 5.74. The highest BCUT2D eigenvalue weighted by atomic mass is 16.5. The lowest BCUT2D eigenvalue weighted by Crippen LogP contribution is -2.00. The van der Waals surface area contributed by atoms with Gasteiger partial charge in [-0.15, -0.1) is 0 Å². The van der Waals surface area contributed by atoms with E-state index in [1.807, 2.05) is 38.1 Å². The molecule has 1 heterocycles. The molecule has 4 heteroatoms. The summed E-state index contributed by atoms with van der Waals surface area (Å²) in [5, 5.41) is 9.16. The van der Waals surface area contributed by atoms with Crippen molar-refractivity contribution in [1.82, 2.24) is 9.97 Å². The van der Waals surface area contributed by atoms with Gasteiger partial charge >= 0.3 is 0 Å². The molecule has 0 saturated heterocycles. The Kier molecular flexibility index (Phi) is 3.58. The summed E-state index contributed by atoms with van der Waals surface area (Å²) in [6, 6.07) is 7.81. The quantitative estimate of drug-likeness (QED) is 0.899. The van der Waals surface area contributed by atoms with Gasteiger partial charge in [0.05, 0.1) is 12.8 Å². The van der Waals surface area contributed by atoms with Crippen LogP contribution in [0.2, 0.25) is 0 Å². The molecule has 0 unspecified atom stereocenters. The number of hydrogen-bond donors (Lipinski definition) is 1. The van der Waals surface area contributed by atoms with Gasteiger partial charge in [0.15, 0.2) is 5.82 Å².